The second kappa shape index (κ2) is 5.38. The van der Waals surface area contributed by atoms with Gasteiger partial charge in [0.1, 0.15) is 0 Å². The van der Waals surface area contributed by atoms with Gasteiger partial charge in [0.05, 0.1) is 20.6 Å². The van der Waals surface area contributed by atoms with E-state index in [4.69, 9.17) is 0 Å². The molecule has 1 aliphatic rings. The Morgan fingerprint density at radius 1 is 1.47 bits per heavy atom. The number of carbonyl (C=O) groups excluding carboxylic acids is 2. The summed E-state index contributed by atoms with van der Waals surface area (Å²) in [6, 6.07) is 0.0633. The van der Waals surface area contributed by atoms with Gasteiger partial charge < -0.3 is 14.8 Å². The second-order valence-corrected chi connectivity index (χ2v) is 3.35. The lowest BCUT2D eigenvalue weighted by atomic mass is 10.1. The van der Waals surface area contributed by atoms with Crippen LogP contribution in [0, 0.1) is 0 Å². The molecule has 0 radical (unpaired) electrons. The fourth-order valence-electron chi connectivity index (χ4n) is 1.49. The van der Waals surface area contributed by atoms with Crippen molar-refractivity contribution in [3.63, 3.8) is 0 Å². The molecule has 0 amide bonds. The Hall–Kier alpha value is -1.52. The first-order valence-electron chi connectivity index (χ1n) is 4.77. The molecule has 0 bridgehead atoms. The van der Waals surface area contributed by atoms with Gasteiger partial charge in [-0.3, -0.25) is 4.79 Å². The van der Waals surface area contributed by atoms with Crippen LogP contribution in [-0.2, 0) is 19.1 Å². The molecule has 0 saturated carbocycles. The van der Waals surface area contributed by atoms with Crippen LogP contribution in [0.3, 0.4) is 0 Å². The first kappa shape index (κ1) is 11.6. The van der Waals surface area contributed by atoms with E-state index in [0.717, 1.165) is 18.5 Å². The molecule has 1 atom stereocenters. The van der Waals surface area contributed by atoms with E-state index in [0.29, 0.717) is 6.42 Å². The van der Waals surface area contributed by atoms with Crippen LogP contribution in [0.5, 0.6) is 0 Å². The van der Waals surface area contributed by atoms with Crippen molar-refractivity contribution in [3.05, 3.63) is 11.8 Å². The van der Waals surface area contributed by atoms with Gasteiger partial charge in [-0.05, 0) is 12.8 Å². The minimum absolute atomic E-state index is 0.0633. The number of nitrogens with one attached hydrogen (secondary N) is 1. The molecule has 0 aromatic carbocycles. The standard InChI is InChI=1S/C10H15NO4/c1-14-9(12)5-7-3-4-8(11-7)6-10(13)15-2/h5,8,11H,3-4,6H2,1-2H3/b7-5+. The van der Waals surface area contributed by atoms with Crippen molar-refractivity contribution in [1.29, 1.82) is 0 Å². The number of rotatable bonds is 3. The maximum absolute atomic E-state index is 11.0. The van der Waals surface area contributed by atoms with Gasteiger partial charge >= 0.3 is 11.9 Å². The Kier molecular flexibility index (Phi) is 4.15. The summed E-state index contributed by atoms with van der Waals surface area (Å²) in [7, 11) is 2.70. The quantitative estimate of drug-likeness (QED) is 0.541. The number of methoxy groups -OCH3 is 2. The third-order valence-corrected chi connectivity index (χ3v) is 2.29. The number of hydrogen-bond acceptors (Lipinski definition) is 5. The highest BCUT2D eigenvalue weighted by atomic mass is 16.5. The summed E-state index contributed by atoms with van der Waals surface area (Å²) in [4.78, 5) is 21.9. The number of hydrogen-bond donors (Lipinski definition) is 1. The topological polar surface area (TPSA) is 64.6 Å². The summed E-state index contributed by atoms with van der Waals surface area (Å²) in [6.45, 7) is 0. The van der Waals surface area contributed by atoms with E-state index in [2.05, 4.69) is 14.8 Å². The lowest BCUT2D eigenvalue weighted by molar-refractivity contribution is -0.141. The number of ether oxygens (including phenoxy) is 2. The van der Waals surface area contributed by atoms with Crippen molar-refractivity contribution in [2.24, 2.45) is 0 Å². The number of allylic oxidation sites excluding steroid dienone is 1. The SMILES string of the molecule is COC(=O)/C=C1\CCC(CC(=O)OC)N1. The van der Waals surface area contributed by atoms with Gasteiger partial charge in [-0.2, -0.15) is 0 Å². The molecule has 1 unspecified atom stereocenters. The predicted molar refractivity (Wildman–Crippen MR) is 52.9 cm³/mol. The van der Waals surface area contributed by atoms with Crippen LogP contribution in [0.2, 0.25) is 0 Å². The first-order valence-corrected chi connectivity index (χ1v) is 4.77. The minimum atomic E-state index is -0.379. The number of carbonyl (C=O) groups is 2. The van der Waals surface area contributed by atoms with E-state index in [1.54, 1.807) is 0 Å². The lowest BCUT2D eigenvalue weighted by Gasteiger charge is -2.08. The Morgan fingerprint density at radius 3 is 2.80 bits per heavy atom. The Bertz CT molecular complexity index is 285. The van der Waals surface area contributed by atoms with Crippen LogP contribution in [-0.4, -0.2) is 32.2 Å². The van der Waals surface area contributed by atoms with E-state index in [1.165, 1.54) is 20.3 Å². The van der Waals surface area contributed by atoms with Crippen molar-refractivity contribution in [2.45, 2.75) is 25.3 Å². The molecule has 5 heteroatoms. The molecule has 0 aromatic rings. The molecule has 0 aromatic heterocycles. The van der Waals surface area contributed by atoms with Crippen LogP contribution >= 0.6 is 0 Å². The van der Waals surface area contributed by atoms with Crippen molar-refractivity contribution in [1.82, 2.24) is 5.32 Å². The fourth-order valence-corrected chi connectivity index (χ4v) is 1.49. The molecule has 1 N–H and O–H groups in total. The summed E-state index contributed by atoms with van der Waals surface area (Å²) >= 11 is 0. The third kappa shape index (κ3) is 3.61. The van der Waals surface area contributed by atoms with Gasteiger partial charge in [-0.25, -0.2) is 4.79 Å². The van der Waals surface area contributed by atoms with Gasteiger partial charge in [0.25, 0.3) is 0 Å². The zero-order chi connectivity index (χ0) is 11.3. The molecule has 1 fully saturated rings. The van der Waals surface area contributed by atoms with Crippen LogP contribution in [0.25, 0.3) is 0 Å². The fraction of sp³-hybridized carbons (Fsp3) is 0.600. The summed E-state index contributed by atoms with van der Waals surface area (Å²) in [5.41, 5.74) is 0.816. The predicted octanol–water partition coefficient (Wildman–Crippen LogP) is 0.358. The van der Waals surface area contributed by atoms with Gasteiger partial charge in [0.15, 0.2) is 0 Å². The van der Waals surface area contributed by atoms with Crippen molar-refractivity contribution < 1.29 is 19.1 Å². The number of esters is 2. The molecule has 84 valence electrons. The highest BCUT2D eigenvalue weighted by Crippen LogP contribution is 2.18. The molecule has 0 aliphatic carbocycles. The summed E-state index contributed by atoms with van der Waals surface area (Å²) in [6.07, 6.45) is 3.33. The summed E-state index contributed by atoms with van der Waals surface area (Å²) in [5, 5.41) is 3.08. The van der Waals surface area contributed by atoms with E-state index in [1.807, 2.05) is 0 Å². The summed E-state index contributed by atoms with van der Waals surface area (Å²) in [5.74, 6) is -0.622. The van der Waals surface area contributed by atoms with E-state index in [-0.39, 0.29) is 18.0 Å². The van der Waals surface area contributed by atoms with Crippen LogP contribution in [0.4, 0.5) is 0 Å². The minimum Gasteiger partial charge on any atom is -0.469 e. The summed E-state index contributed by atoms with van der Waals surface area (Å²) < 4.78 is 9.06. The van der Waals surface area contributed by atoms with Crippen LogP contribution in [0.15, 0.2) is 11.8 Å². The highest BCUT2D eigenvalue weighted by Gasteiger charge is 2.21. The normalized spacial score (nSPS) is 22.3. The van der Waals surface area contributed by atoms with Crippen molar-refractivity contribution >= 4 is 11.9 Å². The van der Waals surface area contributed by atoms with Gasteiger partial charge in [-0.1, -0.05) is 0 Å². The first-order chi connectivity index (χ1) is 7.15. The largest absolute Gasteiger partial charge is 0.469 e. The molecule has 0 spiro atoms. The Morgan fingerprint density at radius 2 is 2.20 bits per heavy atom. The maximum atomic E-state index is 11.0. The molecule has 5 nitrogen and oxygen atoms in total. The van der Waals surface area contributed by atoms with Crippen molar-refractivity contribution in [3.8, 4) is 0 Å². The van der Waals surface area contributed by atoms with Gasteiger partial charge in [-0.15, -0.1) is 0 Å². The van der Waals surface area contributed by atoms with E-state index < -0.39 is 0 Å². The Balaban J connectivity index is 2.42. The van der Waals surface area contributed by atoms with Gasteiger partial charge in [0, 0.05) is 17.8 Å². The van der Waals surface area contributed by atoms with Crippen LogP contribution in [0.1, 0.15) is 19.3 Å². The zero-order valence-electron chi connectivity index (χ0n) is 8.91. The van der Waals surface area contributed by atoms with E-state index in [9.17, 15) is 9.59 Å². The highest BCUT2D eigenvalue weighted by molar-refractivity contribution is 5.82. The molecular formula is C10H15NO4. The molecule has 1 rings (SSSR count). The molecule has 1 saturated heterocycles. The van der Waals surface area contributed by atoms with Gasteiger partial charge in [0.2, 0.25) is 0 Å². The third-order valence-electron chi connectivity index (χ3n) is 2.29. The lowest BCUT2D eigenvalue weighted by Crippen LogP contribution is -2.24. The van der Waals surface area contributed by atoms with Crippen LogP contribution < -0.4 is 5.32 Å². The van der Waals surface area contributed by atoms with E-state index >= 15 is 0 Å². The average molecular weight is 213 g/mol. The molecule has 1 aliphatic heterocycles. The Labute approximate surface area is 88.4 Å². The molecule has 15 heavy (non-hydrogen) atoms. The maximum Gasteiger partial charge on any atom is 0.332 e. The second-order valence-electron chi connectivity index (χ2n) is 3.35. The zero-order valence-corrected chi connectivity index (χ0v) is 8.91. The molecule has 1 heterocycles. The monoisotopic (exact) mass is 213 g/mol. The van der Waals surface area contributed by atoms with Crippen molar-refractivity contribution in [2.75, 3.05) is 14.2 Å². The smallest absolute Gasteiger partial charge is 0.332 e. The molecular weight excluding hydrogens is 198 g/mol. The average Bonchev–Trinajstić information content (AvgIpc) is 2.65.